The first-order valence-electron chi connectivity index (χ1n) is 11.0. The van der Waals surface area contributed by atoms with Gasteiger partial charge in [0.2, 0.25) is 17.5 Å². The first-order valence-corrected chi connectivity index (χ1v) is 11.0. The fourth-order valence-electron chi connectivity index (χ4n) is 3.89. The molecule has 3 rings (SSSR count). The predicted molar refractivity (Wildman–Crippen MR) is 129 cm³/mol. The number of allylic oxidation sites excluding steroid dienone is 2. The van der Waals surface area contributed by atoms with E-state index in [-0.39, 0.29) is 35.4 Å². The van der Waals surface area contributed by atoms with Gasteiger partial charge < -0.3 is 14.7 Å². The zero-order valence-corrected chi connectivity index (χ0v) is 20.0. The average molecular weight is 449 g/mol. The van der Waals surface area contributed by atoms with Crippen LogP contribution in [0.1, 0.15) is 26.3 Å². The molecule has 174 valence electrons. The number of carbonyl (C=O) groups is 3. The number of hydrogen-bond donors (Lipinski definition) is 0. The summed E-state index contributed by atoms with van der Waals surface area (Å²) in [5.74, 6) is -0.800. The van der Waals surface area contributed by atoms with E-state index in [0.29, 0.717) is 24.2 Å². The molecule has 2 aromatic rings. The molecule has 0 aromatic heterocycles. The van der Waals surface area contributed by atoms with E-state index < -0.39 is 0 Å². The lowest BCUT2D eigenvalue weighted by atomic mass is 9.89. The molecule has 0 saturated carbocycles. The molecule has 0 aliphatic heterocycles. The van der Waals surface area contributed by atoms with Crippen molar-refractivity contribution in [3.05, 3.63) is 82.7 Å². The van der Waals surface area contributed by atoms with E-state index in [9.17, 15) is 14.4 Å². The molecular formula is C26H32N4O3. The van der Waals surface area contributed by atoms with Crippen molar-refractivity contribution < 1.29 is 14.4 Å². The molecule has 7 nitrogen and oxygen atoms in total. The van der Waals surface area contributed by atoms with Crippen molar-refractivity contribution in [2.75, 3.05) is 54.9 Å². The number of carbonyl (C=O) groups excluding carboxylic acids is 3. The van der Waals surface area contributed by atoms with Gasteiger partial charge in [-0.15, -0.1) is 0 Å². The number of hydrogen-bond acceptors (Lipinski definition) is 6. The van der Waals surface area contributed by atoms with E-state index in [2.05, 4.69) is 9.80 Å². The minimum Gasteiger partial charge on any atom is -0.373 e. The van der Waals surface area contributed by atoms with Gasteiger partial charge in [0.1, 0.15) is 11.4 Å². The van der Waals surface area contributed by atoms with Crippen LogP contribution in [-0.2, 0) is 11.3 Å². The van der Waals surface area contributed by atoms with Gasteiger partial charge in [0.05, 0.1) is 6.54 Å². The van der Waals surface area contributed by atoms with Crippen LogP contribution in [0.4, 0.5) is 0 Å². The van der Waals surface area contributed by atoms with Crippen molar-refractivity contribution in [1.29, 1.82) is 0 Å². The van der Waals surface area contributed by atoms with Gasteiger partial charge in [-0.2, -0.15) is 0 Å². The molecule has 0 N–H and O–H groups in total. The molecule has 0 atom stereocenters. The summed E-state index contributed by atoms with van der Waals surface area (Å²) in [5.41, 5.74) is 2.17. The van der Waals surface area contributed by atoms with Crippen LogP contribution in [0.15, 0.2) is 66.0 Å². The van der Waals surface area contributed by atoms with Gasteiger partial charge in [0.25, 0.3) is 0 Å². The molecule has 0 unspecified atom stereocenters. The molecule has 0 fully saturated rings. The largest absolute Gasteiger partial charge is 0.373 e. The zero-order valence-electron chi connectivity index (χ0n) is 20.0. The predicted octanol–water partition coefficient (Wildman–Crippen LogP) is 2.36. The fourth-order valence-corrected chi connectivity index (χ4v) is 3.89. The number of likely N-dealkylation sites (N-methyl/N-ethyl adjacent to an activating group) is 3. The Hall–Kier alpha value is -3.29. The van der Waals surface area contributed by atoms with Gasteiger partial charge in [0, 0.05) is 51.9 Å². The van der Waals surface area contributed by atoms with E-state index in [1.165, 1.54) is 4.90 Å². The van der Waals surface area contributed by atoms with Crippen molar-refractivity contribution in [2.45, 2.75) is 6.54 Å². The van der Waals surface area contributed by atoms with Crippen LogP contribution in [0.3, 0.4) is 0 Å². The maximum absolute atomic E-state index is 13.4. The van der Waals surface area contributed by atoms with Crippen molar-refractivity contribution in [3.8, 4) is 0 Å². The van der Waals surface area contributed by atoms with Crippen molar-refractivity contribution in [2.24, 2.45) is 0 Å². The Bertz CT molecular complexity index is 1060. The van der Waals surface area contributed by atoms with Gasteiger partial charge in [-0.05, 0) is 19.7 Å². The Morgan fingerprint density at radius 1 is 0.727 bits per heavy atom. The molecule has 2 aromatic carbocycles. The summed E-state index contributed by atoms with van der Waals surface area (Å²) in [5, 5.41) is 0. The molecule has 0 bridgehead atoms. The molecule has 1 aliphatic carbocycles. The Labute approximate surface area is 195 Å². The third-order valence-electron chi connectivity index (χ3n) is 5.70. The number of Topliss-reactive ketones (excluding diaryl/α,β-unsaturated/α-hetero) is 2. The normalized spacial score (nSPS) is 13.5. The van der Waals surface area contributed by atoms with Crippen molar-refractivity contribution in [1.82, 2.24) is 19.6 Å². The van der Waals surface area contributed by atoms with Crippen molar-refractivity contribution >= 4 is 17.5 Å². The van der Waals surface area contributed by atoms with Crippen LogP contribution < -0.4 is 0 Å². The van der Waals surface area contributed by atoms with E-state index in [1.54, 1.807) is 50.3 Å². The SMILES string of the molecule is CN(C)CCN(CC(=O)N(C)C1=C(N(C)C)C(=O)c2ccccc2C1=O)Cc1ccccc1. The molecular weight excluding hydrogens is 416 g/mol. The van der Waals surface area contributed by atoms with Gasteiger partial charge in [0.15, 0.2) is 0 Å². The highest BCUT2D eigenvalue weighted by Gasteiger charge is 2.37. The monoisotopic (exact) mass is 448 g/mol. The van der Waals surface area contributed by atoms with E-state index in [4.69, 9.17) is 0 Å². The first kappa shape index (κ1) is 24.4. The number of fused-ring (bicyclic) bond motifs is 1. The van der Waals surface area contributed by atoms with Crippen LogP contribution >= 0.6 is 0 Å². The van der Waals surface area contributed by atoms with Gasteiger partial charge in [-0.25, -0.2) is 0 Å². The maximum atomic E-state index is 13.4. The highest BCUT2D eigenvalue weighted by molar-refractivity contribution is 6.27. The van der Waals surface area contributed by atoms with Crippen LogP contribution in [0, 0.1) is 0 Å². The molecule has 0 spiro atoms. The van der Waals surface area contributed by atoms with Crippen LogP contribution in [0.2, 0.25) is 0 Å². The Kier molecular flexibility index (Phi) is 7.79. The summed E-state index contributed by atoms with van der Waals surface area (Å²) in [4.78, 5) is 47.0. The number of benzene rings is 2. The summed E-state index contributed by atoms with van der Waals surface area (Å²) in [7, 11) is 8.99. The topological polar surface area (TPSA) is 64.2 Å². The lowest BCUT2D eigenvalue weighted by molar-refractivity contribution is -0.129. The molecule has 33 heavy (non-hydrogen) atoms. The lowest BCUT2D eigenvalue weighted by Gasteiger charge is -2.31. The third-order valence-corrected chi connectivity index (χ3v) is 5.70. The zero-order chi connectivity index (χ0) is 24.1. The summed E-state index contributed by atoms with van der Waals surface area (Å²) in [6, 6.07) is 16.7. The quantitative estimate of drug-likeness (QED) is 0.587. The smallest absolute Gasteiger partial charge is 0.241 e. The van der Waals surface area contributed by atoms with E-state index in [1.807, 2.05) is 44.4 Å². The molecule has 1 aliphatic rings. The number of amides is 1. The molecule has 0 heterocycles. The van der Waals surface area contributed by atoms with Gasteiger partial charge in [-0.3, -0.25) is 19.3 Å². The Morgan fingerprint density at radius 2 is 1.27 bits per heavy atom. The minimum absolute atomic E-state index is 0.126. The van der Waals surface area contributed by atoms with E-state index >= 15 is 0 Å². The minimum atomic E-state index is -0.312. The Morgan fingerprint density at radius 3 is 1.82 bits per heavy atom. The Balaban J connectivity index is 1.88. The number of ketones is 2. The van der Waals surface area contributed by atoms with Gasteiger partial charge >= 0.3 is 0 Å². The number of nitrogens with zero attached hydrogens (tertiary/aromatic N) is 4. The lowest BCUT2D eigenvalue weighted by Crippen LogP contribution is -2.44. The molecule has 1 amide bonds. The summed E-state index contributed by atoms with van der Waals surface area (Å²) < 4.78 is 0. The second-order valence-corrected chi connectivity index (χ2v) is 8.75. The van der Waals surface area contributed by atoms with Crippen LogP contribution in [-0.4, -0.2) is 91.9 Å². The van der Waals surface area contributed by atoms with Crippen LogP contribution in [0.25, 0.3) is 0 Å². The highest BCUT2D eigenvalue weighted by atomic mass is 16.2. The van der Waals surface area contributed by atoms with Crippen LogP contribution in [0.5, 0.6) is 0 Å². The summed E-state index contributed by atoms with van der Waals surface area (Å²) in [6.45, 7) is 2.23. The number of rotatable bonds is 9. The van der Waals surface area contributed by atoms with E-state index in [0.717, 1.165) is 12.1 Å². The first-order chi connectivity index (χ1) is 15.7. The average Bonchev–Trinajstić information content (AvgIpc) is 2.79. The summed E-state index contributed by atoms with van der Waals surface area (Å²) in [6.07, 6.45) is 0. The third kappa shape index (κ3) is 5.56. The molecule has 7 heteroatoms. The second kappa shape index (κ2) is 10.6. The highest BCUT2D eigenvalue weighted by Crippen LogP contribution is 2.29. The molecule has 0 radical (unpaired) electrons. The summed E-state index contributed by atoms with van der Waals surface area (Å²) >= 11 is 0. The standard InChI is InChI=1S/C26H32N4O3/c1-27(2)15-16-30(17-19-11-7-6-8-12-19)18-22(31)29(5)24-23(28(3)4)25(32)20-13-9-10-14-21(20)26(24)33/h6-14H,15-18H2,1-5H3. The van der Waals surface area contributed by atoms with Gasteiger partial charge in [-0.1, -0.05) is 54.6 Å². The second-order valence-electron chi connectivity index (χ2n) is 8.75. The molecule has 0 saturated heterocycles. The maximum Gasteiger partial charge on any atom is 0.241 e. The van der Waals surface area contributed by atoms with Crippen molar-refractivity contribution in [3.63, 3.8) is 0 Å². The fraction of sp³-hybridized carbons (Fsp3) is 0.346.